The fourth-order valence-corrected chi connectivity index (χ4v) is 4.55. The predicted octanol–water partition coefficient (Wildman–Crippen LogP) is 6.22. The molecule has 0 amide bonds. The van der Waals surface area contributed by atoms with Crippen LogP contribution in [0.25, 0.3) is 9.75 Å². The number of hydrogen-bond acceptors (Lipinski definition) is 3. The maximum Gasteiger partial charge on any atom is 0.133 e. The fraction of sp³-hybridized carbons (Fsp3) is 0.529. The molecule has 3 heteroatoms. The van der Waals surface area contributed by atoms with E-state index in [0.29, 0.717) is 0 Å². The summed E-state index contributed by atoms with van der Waals surface area (Å²) in [4.78, 5) is 5.47. The SMILES string of the molecule is CCCCCCc1cc(-c2cc(OC)c(C)s2)sc1C. The third-order valence-electron chi connectivity index (χ3n) is 3.66. The number of unbranched alkanes of at least 4 members (excludes halogenated alkanes) is 3. The maximum absolute atomic E-state index is 5.39. The van der Waals surface area contributed by atoms with Crippen LogP contribution in [-0.2, 0) is 6.42 Å². The summed E-state index contributed by atoms with van der Waals surface area (Å²) in [7, 11) is 1.75. The lowest BCUT2D eigenvalue weighted by atomic mass is 10.1. The van der Waals surface area contributed by atoms with Gasteiger partial charge in [-0.1, -0.05) is 26.2 Å². The van der Waals surface area contributed by atoms with Crippen molar-refractivity contribution in [3.8, 4) is 15.5 Å². The molecule has 0 aliphatic carbocycles. The topological polar surface area (TPSA) is 9.23 Å². The summed E-state index contributed by atoms with van der Waals surface area (Å²) in [5.74, 6) is 1.01. The molecule has 110 valence electrons. The Bertz CT molecular complexity index is 551. The van der Waals surface area contributed by atoms with Gasteiger partial charge in [-0.2, -0.15) is 0 Å². The van der Waals surface area contributed by atoms with Gasteiger partial charge in [0.2, 0.25) is 0 Å². The van der Waals surface area contributed by atoms with Crippen LogP contribution in [0.1, 0.15) is 47.9 Å². The molecule has 20 heavy (non-hydrogen) atoms. The van der Waals surface area contributed by atoms with Crippen LogP contribution in [0.3, 0.4) is 0 Å². The van der Waals surface area contributed by atoms with Crippen LogP contribution in [0.4, 0.5) is 0 Å². The Kier molecular flexibility index (Phi) is 5.67. The minimum absolute atomic E-state index is 1.01. The van der Waals surface area contributed by atoms with Gasteiger partial charge in [0.05, 0.1) is 7.11 Å². The Labute approximate surface area is 130 Å². The summed E-state index contributed by atoms with van der Waals surface area (Å²) >= 11 is 3.75. The van der Waals surface area contributed by atoms with Gasteiger partial charge in [0.15, 0.2) is 0 Å². The first-order chi connectivity index (χ1) is 9.65. The highest BCUT2D eigenvalue weighted by Crippen LogP contribution is 2.40. The van der Waals surface area contributed by atoms with E-state index in [4.69, 9.17) is 4.74 Å². The third kappa shape index (κ3) is 3.64. The summed E-state index contributed by atoms with van der Waals surface area (Å²) < 4.78 is 5.39. The van der Waals surface area contributed by atoms with E-state index in [-0.39, 0.29) is 0 Å². The molecule has 0 fully saturated rings. The van der Waals surface area contributed by atoms with E-state index >= 15 is 0 Å². The van der Waals surface area contributed by atoms with Gasteiger partial charge in [-0.05, 0) is 44.4 Å². The summed E-state index contributed by atoms with van der Waals surface area (Å²) in [5, 5.41) is 0. The van der Waals surface area contributed by atoms with Crippen molar-refractivity contribution in [3.05, 3.63) is 27.5 Å². The van der Waals surface area contributed by atoms with Crippen LogP contribution < -0.4 is 4.74 Å². The molecule has 0 saturated heterocycles. The Balaban J connectivity index is 2.09. The van der Waals surface area contributed by atoms with E-state index in [9.17, 15) is 0 Å². The molecule has 0 spiro atoms. The van der Waals surface area contributed by atoms with Crippen LogP contribution in [0.5, 0.6) is 5.75 Å². The van der Waals surface area contributed by atoms with Crippen LogP contribution >= 0.6 is 22.7 Å². The molecule has 0 bridgehead atoms. The monoisotopic (exact) mass is 308 g/mol. The van der Waals surface area contributed by atoms with Gasteiger partial charge in [-0.25, -0.2) is 0 Å². The lowest BCUT2D eigenvalue weighted by Gasteiger charge is -1.99. The smallest absolute Gasteiger partial charge is 0.133 e. The van der Waals surface area contributed by atoms with Gasteiger partial charge >= 0.3 is 0 Å². The van der Waals surface area contributed by atoms with Crippen molar-refractivity contribution in [1.82, 2.24) is 0 Å². The molecule has 0 aromatic carbocycles. The number of aryl methyl sites for hydroxylation is 3. The number of thiophene rings is 2. The van der Waals surface area contributed by atoms with Gasteiger partial charge in [-0.15, -0.1) is 22.7 Å². The van der Waals surface area contributed by atoms with Crippen molar-refractivity contribution in [2.45, 2.75) is 52.9 Å². The Morgan fingerprint density at radius 3 is 2.30 bits per heavy atom. The van der Waals surface area contributed by atoms with Crippen molar-refractivity contribution in [2.24, 2.45) is 0 Å². The normalized spacial score (nSPS) is 11.0. The Hall–Kier alpha value is -0.800. The average molecular weight is 309 g/mol. The Morgan fingerprint density at radius 1 is 0.950 bits per heavy atom. The average Bonchev–Trinajstić information content (AvgIpc) is 2.98. The summed E-state index contributed by atoms with van der Waals surface area (Å²) in [6, 6.07) is 4.56. The Morgan fingerprint density at radius 2 is 1.65 bits per heavy atom. The predicted molar refractivity (Wildman–Crippen MR) is 91.5 cm³/mol. The number of hydrogen-bond donors (Lipinski definition) is 0. The van der Waals surface area contributed by atoms with Crippen LogP contribution in [-0.4, -0.2) is 7.11 Å². The second-order valence-corrected chi connectivity index (χ2v) is 7.75. The van der Waals surface area contributed by atoms with Crippen molar-refractivity contribution in [3.63, 3.8) is 0 Å². The molecule has 0 saturated carbocycles. The number of ether oxygens (including phenoxy) is 1. The molecule has 0 aliphatic rings. The molecule has 2 aromatic heterocycles. The lowest BCUT2D eigenvalue weighted by molar-refractivity contribution is 0.414. The van der Waals surface area contributed by atoms with E-state index in [1.807, 2.05) is 22.7 Å². The van der Waals surface area contributed by atoms with Crippen molar-refractivity contribution in [1.29, 1.82) is 0 Å². The highest BCUT2D eigenvalue weighted by molar-refractivity contribution is 7.22. The van der Waals surface area contributed by atoms with E-state index < -0.39 is 0 Å². The molecule has 2 aromatic rings. The van der Waals surface area contributed by atoms with Crippen molar-refractivity contribution in [2.75, 3.05) is 7.11 Å². The summed E-state index contributed by atoms with van der Waals surface area (Å²) in [5.41, 5.74) is 1.53. The molecule has 0 atom stereocenters. The van der Waals surface area contributed by atoms with Gasteiger partial charge in [-0.3, -0.25) is 0 Å². The molecule has 0 aliphatic heterocycles. The first kappa shape index (κ1) is 15.6. The van der Waals surface area contributed by atoms with E-state index in [1.165, 1.54) is 57.2 Å². The zero-order chi connectivity index (χ0) is 14.5. The minimum atomic E-state index is 1.01. The molecule has 0 N–H and O–H groups in total. The van der Waals surface area contributed by atoms with Crippen LogP contribution in [0, 0.1) is 13.8 Å². The van der Waals surface area contributed by atoms with Crippen LogP contribution in [0.2, 0.25) is 0 Å². The summed E-state index contributed by atoms with van der Waals surface area (Å²) in [6.45, 7) is 6.64. The molecule has 2 rings (SSSR count). The minimum Gasteiger partial charge on any atom is -0.496 e. The van der Waals surface area contributed by atoms with E-state index in [0.717, 1.165) is 5.75 Å². The number of rotatable bonds is 7. The molecule has 2 heterocycles. The molecular weight excluding hydrogens is 284 g/mol. The first-order valence-electron chi connectivity index (χ1n) is 7.39. The highest BCUT2D eigenvalue weighted by Gasteiger charge is 2.12. The summed E-state index contributed by atoms with van der Waals surface area (Å²) in [6.07, 6.45) is 6.56. The molecule has 0 radical (unpaired) electrons. The zero-order valence-corrected chi connectivity index (χ0v) is 14.5. The standard InChI is InChI=1S/C17H24OS2/c1-5-6-7-8-9-14-10-16(19-12(14)2)17-11-15(18-4)13(3)20-17/h10-11H,5-9H2,1-4H3. The lowest BCUT2D eigenvalue weighted by Crippen LogP contribution is -1.84. The van der Waals surface area contributed by atoms with Gasteiger partial charge in [0.25, 0.3) is 0 Å². The molecular formula is C17H24OS2. The van der Waals surface area contributed by atoms with Gasteiger partial charge in [0, 0.05) is 19.5 Å². The van der Waals surface area contributed by atoms with E-state index in [1.54, 1.807) is 7.11 Å². The van der Waals surface area contributed by atoms with Crippen molar-refractivity contribution >= 4 is 22.7 Å². The molecule has 0 unspecified atom stereocenters. The quantitative estimate of drug-likeness (QED) is 0.551. The van der Waals surface area contributed by atoms with Gasteiger partial charge in [0.1, 0.15) is 5.75 Å². The second-order valence-electron chi connectivity index (χ2n) is 5.24. The number of methoxy groups -OCH3 is 1. The second kappa shape index (κ2) is 7.28. The van der Waals surface area contributed by atoms with Crippen molar-refractivity contribution < 1.29 is 4.74 Å². The largest absolute Gasteiger partial charge is 0.496 e. The van der Waals surface area contributed by atoms with Crippen LogP contribution in [0.15, 0.2) is 12.1 Å². The van der Waals surface area contributed by atoms with E-state index in [2.05, 4.69) is 32.9 Å². The highest BCUT2D eigenvalue weighted by atomic mass is 32.1. The fourth-order valence-electron chi connectivity index (χ4n) is 2.42. The third-order valence-corrected chi connectivity index (χ3v) is 5.98. The van der Waals surface area contributed by atoms with Gasteiger partial charge < -0.3 is 4.74 Å². The molecule has 1 nitrogen and oxygen atoms in total. The maximum atomic E-state index is 5.39. The first-order valence-corrected chi connectivity index (χ1v) is 9.03. The zero-order valence-electron chi connectivity index (χ0n) is 12.9.